The molecule has 0 aromatic carbocycles. The van der Waals surface area contributed by atoms with Gasteiger partial charge >= 0.3 is 6.18 Å². The van der Waals surface area contributed by atoms with Gasteiger partial charge in [0.05, 0.1) is 6.20 Å². The summed E-state index contributed by atoms with van der Waals surface area (Å²) in [5, 5.41) is 2.80. The van der Waals surface area contributed by atoms with Gasteiger partial charge in [-0.15, -0.1) is 0 Å². The number of hydrogen-bond acceptors (Lipinski definition) is 3. The number of nitrogens with zero attached hydrogens (tertiary/aromatic N) is 1. The van der Waals surface area contributed by atoms with E-state index in [0.717, 1.165) is 6.20 Å². The fourth-order valence-electron chi connectivity index (χ4n) is 0.521. The van der Waals surface area contributed by atoms with E-state index in [1.807, 2.05) is 0 Å². The molecule has 1 aromatic heterocycles. The number of halogens is 3. The summed E-state index contributed by atoms with van der Waals surface area (Å²) < 4.78 is 35.6. The molecule has 2 nitrogen and oxygen atoms in total. The fourth-order valence-corrected chi connectivity index (χ4v) is 1.16. The quantitative estimate of drug-likeness (QED) is 0.720. The zero-order valence-corrected chi connectivity index (χ0v) is 6.38. The highest BCUT2D eigenvalue weighted by atomic mass is 32.1. The van der Waals surface area contributed by atoms with Crippen molar-refractivity contribution in [3.63, 3.8) is 0 Å². The van der Waals surface area contributed by atoms with E-state index in [1.54, 1.807) is 0 Å². The average molecular weight is 182 g/mol. The first-order chi connectivity index (χ1) is 5.04. The molecule has 1 heterocycles. The largest absolute Gasteiger partial charge is 0.427 e. The molecule has 0 radical (unpaired) electrons. The van der Waals surface area contributed by atoms with Crippen LogP contribution in [0.4, 0.5) is 18.3 Å². The highest BCUT2D eigenvalue weighted by Crippen LogP contribution is 2.34. The van der Waals surface area contributed by atoms with Crippen molar-refractivity contribution in [3.05, 3.63) is 11.1 Å². The maximum absolute atomic E-state index is 11.9. The normalized spacial score (nSPS) is 11.6. The number of nitrogens with one attached hydrogen (secondary N) is 1. The van der Waals surface area contributed by atoms with Crippen LogP contribution >= 0.6 is 11.3 Å². The Morgan fingerprint density at radius 3 is 2.45 bits per heavy atom. The van der Waals surface area contributed by atoms with Crippen LogP contribution in [0.25, 0.3) is 0 Å². The van der Waals surface area contributed by atoms with Gasteiger partial charge in [0.1, 0.15) is 4.88 Å². The summed E-state index contributed by atoms with van der Waals surface area (Å²) in [6, 6.07) is 0. The smallest absolute Gasteiger partial charge is 0.365 e. The molecule has 0 aliphatic carbocycles. The van der Waals surface area contributed by atoms with Crippen molar-refractivity contribution in [2.75, 3.05) is 12.4 Å². The van der Waals surface area contributed by atoms with Gasteiger partial charge in [-0.3, -0.25) is 0 Å². The van der Waals surface area contributed by atoms with Crippen LogP contribution in [-0.2, 0) is 6.18 Å². The van der Waals surface area contributed by atoms with Gasteiger partial charge in [-0.05, 0) is 0 Å². The summed E-state index contributed by atoms with van der Waals surface area (Å²) in [6.07, 6.45) is -3.46. The Balaban J connectivity index is 2.89. The molecular weight excluding hydrogens is 177 g/mol. The summed E-state index contributed by atoms with van der Waals surface area (Å²) in [7, 11) is 1.53. The third-order valence-corrected chi connectivity index (χ3v) is 2.06. The number of rotatable bonds is 1. The minimum atomic E-state index is -4.27. The maximum atomic E-state index is 11.9. The van der Waals surface area contributed by atoms with E-state index in [9.17, 15) is 13.2 Å². The lowest BCUT2D eigenvalue weighted by Crippen LogP contribution is -2.00. The molecule has 6 heteroatoms. The van der Waals surface area contributed by atoms with E-state index >= 15 is 0 Å². The van der Waals surface area contributed by atoms with Gasteiger partial charge < -0.3 is 5.32 Å². The lowest BCUT2D eigenvalue weighted by molar-refractivity contribution is -0.134. The average Bonchev–Trinajstić information content (AvgIpc) is 2.32. The van der Waals surface area contributed by atoms with Crippen LogP contribution in [0.2, 0.25) is 0 Å². The molecule has 0 atom stereocenters. The van der Waals surface area contributed by atoms with Gasteiger partial charge in [0.25, 0.3) is 0 Å². The van der Waals surface area contributed by atoms with Gasteiger partial charge in [0.15, 0.2) is 5.13 Å². The van der Waals surface area contributed by atoms with Crippen molar-refractivity contribution >= 4 is 16.5 Å². The molecule has 1 aromatic rings. The summed E-state index contributed by atoms with van der Waals surface area (Å²) in [6.45, 7) is 0. The zero-order valence-electron chi connectivity index (χ0n) is 5.57. The van der Waals surface area contributed by atoms with Crippen molar-refractivity contribution in [2.45, 2.75) is 6.18 Å². The van der Waals surface area contributed by atoms with Gasteiger partial charge in [-0.1, -0.05) is 11.3 Å². The predicted molar refractivity (Wildman–Crippen MR) is 36.7 cm³/mol. The molecule has 0 bridgehead atoms. The molecule has 0 spiro atoms. The van der Waals surface area contributed by atoms with Crippen molar-refractivity contribution in [3.8, 4) is 0 Å². The number of aromatic nitrogens is 1. The minimum absolute atomic E-state index is 0.275. The second-order valence-corrected chi connectivity index (χ2v) is 2.81. The van der Waals surface area contributed by atoms with Crippen LogP contribution in [0, 0.1) is 0 Å². The van der Waals surface area contributed by atoms with Crippen molar-refractivity contribution < 1.29 is 13.2 Å². The molecule has 0 unspecified atom stereocenters. The van der Waals surface area contributed by atoms with Crippen LogP contribution in [0.15, 0.2) is 6.20 Å². The Morgan fingerprint density at radius 1 is 1.55 bits per heavy atom. The molecule has 62 valence electrons. The molecular formula is C5H5F3N2S. The molecule has 11 heavy (non-hydrogen) atoms. The monoisotopic (exact) mass is 182 g/mol. The Morgan fingerprint density at radius 2 is 2.18 bits per heavy atom. The predicted octanol–water partition coefficient (Wildman–Crippen LogP) is 2.20. The van der Waals surface area contributed by atoms with E-state index < -0.39 is 11.1 Å². The fraction of sp³-hybridized carbons (Fsp3) is 0.400. The van der Waals surface area contributed by atoms with Crippen LogP contribution in [0.3, 0.4) is 0 Å². The molecule has 1 rings (SSSR count). The Kier molecular flexibility index (Phi) is 2.03. The van der Waals surface area contributed by atoms with E-state index in [0.29, 0.717) is 11.3 Å². The molecule has 0 aliphatic rings. The lowest BCUT2D eigenvalue weighted by atomic mass is 10.5. The Bertz CT molecular complexity index is 242. The van der Waals surface area contributed by atoms with Crippen molar-refractivity contribution in [1.82, 2.24) is 4.98 Å². The molecule has 0 fully saturated rings. The second kappa shape index (κ2) is 2.69. The van der Waals surface area contributed by atoms with Gasteiger partial charge in [-0.2, -0.15) is 13.2 Å². The molecule has 0 amide bonds. The van der Waals surface area contributed by atoms with E-state index in [4.69, 9.17) is 0 Å². The standard InChI is InChI=1S/C5H5F3N2S/c1-9-4-10-2-3(11-4)5(6,7)8/h2H,1H3,(H,9,10). The molecule has 0 aliphatic heterocycles. The topological polar surface area (TPSA) is 24.9 Å². The van der Waals surface area contributed by atoms with E-state index in [2.05, 4.69) is 10.3 Å². The molecule has 1 N–H and O–H groups in total. The zero-order chi connectivity index (χ0) is 8.48. The van der Waals surface area contributed by atoms with Gasteiger partial charge in [0.2, 0.25) is 0 Å². The Hall–Kier alpha value is -0.780. The maximum Gasteiger partial charge on any atom is 0.427 e. The highest BCUT2D eigenvalue weighted by Gasteiger charge is 2.33. The Labute approximate surface area is 65.1 Å². The first-order valence-electron chi connectivity index (χ1n) is 2.75. The van der Waals surface area contributed by atoms with Crippen molar-refractivity contribution in [2.24, 2.45) is 0 Å². The summed E-state index contributed by atoms with van der Waals surface area (Å²) in [4.78, 5) is 2.81. The molecule has 0 saturated carbocycles. The summed E-state index contributed by atoms with van der Waals surface area (Å²) in [5.41, 5.74) is 0. The van der Waals surface area contributed by atoms with Gasteiger partial charge in [-0.25, -0.2) is 4.98 Å². The third kappa shape index (κ3) is 1.83. The van der Waals surface area contributed by atoms with Crippen LogP contribution in [0.5, 0.6) is 0 Å². The number of hydrogen-bond donors (Lipinski definition) is 1. The summed E-state index contributed by atoms with van der Waals surface area (Å²) >= 11 is 0.593. The lowest BCUT2D eigenvalue weighted by Gasteiger charge is -1.99. The molecule has 0 saturated heterocycles. The van der Waals surface area contributed by atoms with Crippen LogP contribution in [-0.4, -0.2) is 12.0 Å². The highest BCUT2D eigenvalue weighted by molar-refractivity contribution is 7.15. The minimum Gasteiger partial charge on any atom is -0.365 e. The first-order valence-corrected chi connectivity index (χ1v) is 3.56. The van der Waals surface area contributed by atoms with E-state index in [-0.39, 0.29) is 5.13 Å². The van der Waals surface area contributed by atoms with Crippen molar-refractivity contribution in [1.29, 1.82) is 0 Å². The summed E-state index contributed by atoms with van der Waals surface area (Å²) in [5.74, 6) is 0. The first kappa shape index (κ1) is 8.32. The SMILES string of the molecule is CNc1ncc(C(F)(F)F)s1. The van der Waals surface area contributed by atoms with Crippen LogP contribution < -0.4 is 5.32 Å². The third-order valence-electron chi connectivity index (χ3n) is 0.999. The second-order valence-electron chi connectivity index (χ2n) is 1.78. The van der Waals surface area contributed by atoms with Gasteiger partial charge in [0, 0.05) is 7.05 Å². The number of alkyl halides is 3. The van der Waals surface area contributed by atoms with E-state index in [1.165, 1.54) is 7.05 Å². The number of anilines is 1. The number of thiazole rings is 1. The van der Waals surface area contributed by atoms with Crippen LogP contribution in [0.1, 0.15) is 4.88 Å².